The van der Waals surface area contributed by atoms with E-state index >= 15 is 0 Å². The third-order valence-electron chi connectivity index (χ3n) is 9.78. The molecule has 210 valence electrons. The van der Waals surface area contributed by atoms with E-state index in [1.165, 1.54) is 66.1 Å². The molecule has 1 aromatic heterocycles. The van der Waals surface area contributed by atoms with Gasteiger partial charge in [0.25, 0.3) is 0 Å². The fourth-order valence-corrected chi connectivity index (χ4v) is 7.65. The zero-order valence-corrected chi connectivity index (χ0v) is 24.7. The average Bonchev–Trinajstić information content (AvgIpc) is 3.07. The van der Waals surface area contributed by atoms with Crippen LogP contribution in [-0.2, 0) is 6.42 Å². The van der Waals surface area contributed by atoms with E-state index in [1.807, 2.05) is 0 Å². The second kappa shape index (κ2) is 10.9. The Balaban J connectivity index is 1.20. The van der Waals surface area contributed by atoms with Gasteiger partial charge in [0.1, 0.15) is 0 Å². The first-order valence-corrected chi connectivity index (χ1v) is 15.7. The summed E-state index contributed by atoms with van der Waals surface area (Å²) in [5.74, 6) is 0.709. The highest BCUT2D eigenvalue weighted by Crippen LogP contribution is 2.44. The number of nitrogens with zero attached hydrogens (tertiary/aromatic N) is 1. The molecule has 2 atom stereocenters. The molecular formula is C41H36N2. The Bertz CT molecular complexity index is 1970. The fourth-order valence-electron chi connectivity index (χ4n) is 7.65. The second-order valence-electron chi connectivity index (χ2n) is 12.2. The standard InChI is InChI=1S/C41H36N2/c1-27-25-42-23-22-34(27)39-21-20-33(26-43-39)29-14-17-30(18-15-29)40-35-10-4-6-12-37(35)41(38-13-7-5-11-36(38)40)32-19-16-28-8-2-3-9-31(28)24-32/h2-14,17,20-22,24-26,35,37,42H,15-16,18-19,23H2,1H3. The first-order valence-electron chi connectivity index (χ1n) is 15.7. The molecule has 0 amide bonds. The van der Waals surface area contributed by atoms with Gasteiger partial charge in [-0.25, -0.2) is 0 Å². The van der Waals surface area contributed by atoms with Crippen molar-refractivity contribution in [3.05, 3.63) is 165 Å². The molecule has 0 radical (unpaired) electrons. The topological polar surface area (TPSA) is 24.9 Å². The minimum absolute atomic E-state index is 0.352. The first kappa shape index (κ1) is 26.0. The molecule has 4 aliphatic carbocycles. The van der Waals surface area contributed by atoms with Crippen LogP contribution in [0, 0.1) is 11.8 Å². The summed E-state index contributed by atoms with van der Waals surface area (Å²) in [5, 5.41) is 6.10. The van der Waals surface area contributed by atoms with Crippen LogP contribution in [0.4, 0.5) is 0 Å². The van der Waals surface area contributed by atoms with E-state index in [2.05, 4.69) is 134 Å². The molecular weight excluding hydrogens is 520 g/mol. The van der Waals surface area contributed by atoms with Crippen LogP contribution in [0.25, 0.3) is 28.4 Å². The van der Waals surface area contributed by atoms with Crippen LogP contribution in [0.1, 0.15) is 48.6 Å². The lowest BCUT2D eigenvalue weighted by atomic mass is 9.67. The molecule has 2 heteroatoms. The molecule has 1 N–H and O–H groups in total. The molecule has 8 rings (SSSR count). The maximum absolute atomic E-state index is 4.86. The molecule has 2 nitrogen and oxygen atoms in total. The maximum Gasteiger partial charge on any atom is 0.0703 e. The SMILES string of the molecule is CC1=CNCC=C1c1ccc(C2=CC=C(C3=c4ccccc4=C(C4=Cc5ccccc5CC4)C4C=CC=CC34)CC2)cn1. The van der Waals surface area contributed by atoms with Crippen molar-refractivity contribution in [1.29, 1.82) is 0 Å². The van der Waals surface area contributed by atoms with E-state index in [4.69, 9.17) is 4.98 Å². The van der Waals surface area contributed by atoms with Crippen molar-refractivity contribution in [3.8, 4) is 0 Å². The van der Waals surface area contributed by atoms with Crippen molar-refractivity contribution in [3.63, 3.8) is 0 Å². The lowest BCUT2D eigenvalue weighted by Crippen LogP contribution is -2.40. The molecule has 2 unspecified atom stereocenters. The molecule has 0 spiro atoms. The monoisotopic (exact) mass is 556 g/mol. The number of aromatic nitrogens is 1. The van der Waals surface area contributed by atoms with Crippen molar-refractivity contribution < 1.29 is 0 Å². The van der Waals surface area contributed by atoms with E-state index in [0.29, 0.717) is 11.8 Å². The van der Waals surface area contributed by atoms with Gasteiger partial charge < -0.3 is 5.32 Å². The predicted molar refractivity (Wildman–Crippen MR) is 180 cm³/mol. The summed E-state index contributed by atoms with van der Waals surface area (Å²) >= 11 is 0. The lowest BCUT2D eigenvalue weighted by molar-refractivity contribution is 0.673. The molecule has 1 aliphatic heterocycles. The van der Waals surface area contributed by atoms with Crippen molar-refractivity contribution in [2.75, 3.05) is 6.54 Å². The average molecular weight is 557 g/mol. The van der Waals surface area contributed by atoms with Gasteiger partial charge in [0.05, 0.1) is 5.69 Å². The first-order chi connectivity index (χ1) is 21.2. The molecule has 2 aromatic carbocycles. The zero-order chi connectivity index (χ0) is 28.8. The number of hydrogen-bond donors (Lipinski definition) is 1. The lowest BCUT2D eigenvalue weighted by Gasteiger charge is -2.36. The highest BCUT2D eigenvalue weighted by molar-refractivity contribution is 5.86. The van der Waals surface area contributed by atoms with Gasteiger partial charge in [-0.1, -0.05) is 103 Å². The number of allylic oxidation sites excluding steroid dienone is 11. The molecule has 43 heavy (non-hydrogen) atoms. The highest BCUT2D eigenvalue weighted by atomic mass is 14.8. The van der Waals surface area contributed by atoms with E-state index in [-0.39, 0.29) is 0 Å². The number of hydrogen-bond acceptors (Lipinski definition) is 2. The van der Waals surface area contributed by atoms with Gasteiger partial charge >= 0.3 is 0 Å². The smallest absolute Gasteiger partial charge is 0.0703 e. The van der Waals surface area contributed by atoms with E-state index in [0.717, 1.165) is 37.9 Å². The van der Waals surface area contributed by atoms with Crippen LogP contribution < -0.4 is 15.8 Å². The van der Waals surface area contributed by atoms with Crippen molar-refractivity contribution in [2.45, 2.75) is 32.6 Å². The van der Waals surface area contributed by atoms with Crippen LogP contribution in [0.5, 0.6) is 0 Å². The number of rotatable bonds is 4. The fraction of sp³-hybridized carbons (Fsp3) is 0.195. The number of pyridine rings is 1. The molecule has 0 saturated carbocycles. The quantitative estimate of drug-likeness (QED) is 0.360. The van der Waals surface area contributed by atoms with Gasteiger partial charge in [-0.05, 0) is 99.2 Å². The molecule has 0 saturated heterocycles. The third kappa shape index (κ3) is 4.62. The van der Waals surface area contributed by atoms with Crippen LogP contribution in [-0.4, -0.2) is 11.5 Å². The predicted octanol–water partition coefficient (Wildman–Crippen LogP) is 7.48. The summed E-state index contributed by atoms with van der Waals surface area (Å²) in [5.41, 5.74) is 14.9. The minimum atomic E-state index is 0.352. The van der Waals surface area contributed by atoms with E-state index < -0.39 is 0 Å². The van der Waals surface area contributed by atoms with E-state index in [1.54, 1.807) is 0 Å². The number of benzene rings is 2. The van der Waals surface area contributed by atoms with Crippen LogP contribution in [0.15, 0.2) is 132 Å². The Kier molecular flexibility index (Phi) is 6.56. The van der Waals surface area contributed by atoms with E-state index in [9.17, 15) is 0 Å². The van der Waals surface area contributed by atoms with Crippen molar-refractivity contribution >= 4 is 28.4 Å². The Labute approximate surface area is 254 Å². The maximum atomic E-state index is 4.86. The number of aryl methyl sites for hydroxylation is 1. The summed E-state index contributed by atoms with van der Waals surface area (Å²) in [6.45, 7) is 2.99. The summed E-state index contributed by atoms with van der Waals surface area (Å²) in [7, 11) is 0. The molecule has 2 heterocycles. The molecule has 0 fully saturated rings. The summed E-state index contributed by atoms with van der Waals surface area (Å²) < 4.78 is 0. The number of nitrogens with one attached hydrogen (secondary N) is 1. The summed E-state index contributed by atoms with van der Waals surface area (Å²) in [6.07, 6.45) is 27.2. The number of fused-ring (bicyclic) bond motifs is 3. The Morgan fingerprint density at radius 2 is 1.42 bits per heavy atom. The minimum Gasteiger partial charge on any atom is -0.387 e. The normalized spacial score (nSPS) is 22.2. The largest absolute Gasteiger partial charge is 0.387 e. The molecule has 3 aromatic rings. The van der Waals surface area contributed by atoms with Gasteiger partial charge in [-0.15, -0.1) is 0 Å². The molecule has 0 bridgehead atoms. The van der Waals surface area contributed by atoms with Crippen molar-refractivity contribution in [2.24, 2.45) is 11.8 Å². The third-order valence-corrected chi connectivity index (χ3v) is 9.78. The van der Waals surface area contributed by atoms with Crippen molar-refractivity contribution in [1.82, 2.24) is 10.3 Å². The van der Waals surface area contributed by atoms with Crippen LogP contribution in [0.2, 0.25) is 0 Å². The second-order valence-corrected chi connectivity index (χ2v) is 12.2. The zero-order valence-electron chi connectivity index (χ0n) is 24.7. The summed E-state index contributed by atoms with van der Waals surface area (Å²) in [4.78, 5) is 4.86. The van der Waals surface area contributed by atoms with Gasteiger partial charge in [0.2, 0.25) is 0 Å². The number of dihydropyridines is 1. The van der Waals surface area contributed by atoms with Gasteiger partial charge in [-0.2, -0.15) is 0 Å². The Morgan fingerprint density at radius 3 is 2.14 bits per heavy atom. The van der Waals surface area contributed by atoms with Crippen LogP contribution in [0.3, 0.4) is 0 Å². The van der Waals surface area contributed by atoms with Gasteiger partial charge in [-0.3, -0.25) is 4.98 Å². The Morgan fingerprint density at radius 1 is 0.721 bits per heavy atom. The van der Waals surface area contributed by atoms with Gasteiger partial charge in [0.15, 0.2) is 0 Å². The summed E-state index contributed by atoms with van der Waals surface area (Å²) in [6, 6.07) is 22.5. The highest BCUT2D eigenvalue weighted by Gasteiger charge is 2.34. The van der Waals surface area contributed by atoms with Gasteiger partial charge in [0, 0.05) is 36.4 Å². The molecule has 5 aliphatic rings. The Hall–Kier alpha value is -4.69. The van der Waals surface area contributed by atoms with Crippen LogP contribution >= 0.6 is 0 Å².